The molecule has 0 fully saturated rings. The van der Waals surface area contributed by atoms with Crippen molar-refractivity contribution in [1.82, 2.24) is 4.98 Å². The molecule has 6 nitrogen and oxygen atoms in total. The van der Waals surface area contributed by atoms with Gasteiger partial charge in [-0.15, -0.1) is 0 Å². The predicted molar refractivity (Wildman–Crippen MR) is 153 cm³/mol. The topological polar surface area (TPSA) is 105 Å². The molecule has 0 bridgehead atoms. The second-order valence-electron chi connectivity index (χ2n) is 10.00. The fourth-order valence-electron chi connectivity index (χ4n) is 4.24. The summed E-state index contributed by atoms with van der Waals surface area (Å²) in [5.41, 5.74) is 4.69. The number of nitrogens with zero attached hydrogens (tertiary/aromatic N) is 2. The highest BCUT2D eigenvalue weighted by Crippen LogP contribution is 2.34. The van der Waals surface area contributed by atoms with Crippen LogP contribution in [0.1, 0.15) is 30.5 Å². The van der Waals surface area contributed by atoms with Crippen LogP contribution >= 0.6 is 0 Å². The molecule has 194 valence electrons. The van der Waals surface area contributed by atoms with E-state index in [4.69, 9.17) is 0 Å². The van der Waals surface area contributed by atoms with E-state index in [1.54, 1.807) is 24.4 Å². The van der Waals surface area contributed by atoms with E-state index in [-0.39, 0.29) is 10.6 Å². The van der Waals surface area contributed by atoms with Gasteiger partial charge in [0.25, 0.3) is 0 Å². The number of fused-ring (bicyclic) bond motifs is 1. The Balaban J connectivity index is 1.86. The zero-order valence-corrected chi connectivity index (χ0v) is 23.3. The first kappa shape index (κ1) is 27.2. The Morgan fingerprint density at radius 1 is 0.947 bits per heavy atom. The predicted octanol–water partition coefficient (Wildman–Crippen LogP) is 5.69. The van der Waals surface area contributed by atoms with E-state index in [2.05, 4.69) is 11.1 Å². The zero-order valence-electron chi connectivity index (χ0n) is 21.6. The van der Waals surface area contributed by atoms with Crippen molar-refractivity contribution in [3.05, 3.63) is 95.7 Å². The minimum Gasteiger partial charge on any atom is -0.256 e. The first-order valence-corrected chi connectivity index (χ1v) is 15.8. The maximum Gasteiger partial charge on any atom is 0.175 e. The summed E-state index contributed by atoms with van der Waals surface area (Å²) in [6.45, 7) is 3.75. The smallest absolute Gasteiger partial charge is 0.175 e. The number of hydrogen-bond acceptors (Lipinski definition) is 6. The molecule has 1 aromatic heterocycles. The number of benzene rings is 3. The molecule has 4 aromatic rings. The third-order valence-corrected chi connectivity index (χ3v) is 8.28. The Bertz CT molecular complexity index is 1810. The molecule has 1 heterocycles. The molecule has 0 saturated heterocycles. The van der Waals surface area contributed by atoms with Gasteiger partial charge in [0.05, 0.1) is 27.6 Å². The van der Waals surface area contributed by atoms with Gasteiger partial charge in [-0.25, -0.2) is 16.8 Å². The quantitative estimate of drug-likeness (QED) is 0.277. The molecule has 4 rings (SSSR count). The van der Waals surface area contributed by atoms with Crippen LogP contribution in [0.4, 0.5) is 0 Å². The highest BCUT2D eigenvalue weighted by Gasteiger charge is 2.22. The maximum atomic E-state index is 12.3. The molecular weight excluding hydrogens is 516 g/mol. The first-order chi connectivity index (χ1) is 17.8. The van der Waals surface area contributed by atoms with E-state index >= 15 is 0 Å². The van der Waals surface area contributed by atoms with Gasteiger partial charge in [0.1, 0.15) is 0 Å². The average Bonchev–Trinajstić information content (AvgIpc) is 2.86. The molecule has 0 aliphatic heterocycles. The van der Waals surface area contributed by atoms with Crippen molar-refractivity contribution in [2.24, 2.45) is 0 Å². The number of nitriles is 1. The summed E-state index contributed by atoms with van der Waals surface area (Å²) < 4.78 is 48.3. The fourth-order valence-corrected chi connectivity index (χ4v) is 5.69. The van der Waals surface area contributed by atoms with E-state index in [1.165, 1.54) is 18.4 Å². The molecule has 0 amide bonds. The second-order valence-corrected chi connectivity index (χ2v) is 14.2. The Kier molecular flexibility index (Phi) is 7.29. The largest absolute Gasteiger partial charge is 0.256 e. The minimum atomic E-state index is -3.37. The summed E-state index contributed by atoms with van der Waals surface area (Å²) in [6.07, 6.45) is 5.84. The monoisotopic (exact) mass is 544 g/mol. The van der Waals surface area contributed by atoms with Crippen LogP contribution in [0, 0.1) is 11.3 Å². The average molecular weight is 545 g/mol. The van der Waals surface area contributed by atoms with Crippen LogP contribution in [-0.4, -0.2) is 40.1 Å². The highest BCUT2D eigenvalue weighted by atomic mass is 32.2. The van der Waals surface area contributed by atoms with E-state index < -0.39 is 25.1 Å². The lowest BCUT2D eigenvalue weighted by atomic mass is 9.83. The van der Waals surface area contributed by atoms with Crippen LogP contribution in [0.3, 0.4) is 0 Å². The summed E-state index contributed by atoms with van der Waals surface area (Å²) in [6, 6.07) is 24.1. The minimum absolute atomic E-state index is 0.168. The van der Waals surface area contributed by atoms with Crippen LogP contribution in [-0.2, 0) is 25.1 Å². The number of pyridine rings is 1. The molecule has 8 heteroatoms. The molecule has 0 N–H and O–H groups in total. The molecule has 0 atom stereocenters. The van der Waals surface area contributed by atoms with Gasteiger partial charge in [-0.3, -0.25) is 4.98 Å². The number of aromatic nitrogens is 1. The van der Waals surface area contributed by atoms with Crippen LogP contribution in [0.15, 0.2) is 83.9 Å². The first-order valence-electron chi connectivity index (χ1n) is 11.9. The lowest BCUT2D eigenvalue weighted by Gasteiger charge is -2.19. The summed E-state index contributed by atoms with van der Waals surface area (Å²) in [4.78, 5) is 4.76. The molecule has 3 aromatic carbocycles. The van der Waals surface area contributed by atoms with Gasteiger partial charge >= 0.3 is 0 Å². The van der Waals surface area contributed by atoms with Crippen molar-refractivity contribution in [2.45, 2.75) is 24.2 Å². The van der Waals surface area contributed by atoms with Gasteiger partial charge in [0.15, 0.2) is 19.7 Å². The maximum absolute atomic E-state index is 12.3. The summed E-state index contributed by atoms with van der Waals surface area (Å²) in [7, 11) is -6.75. The Morgan fingerprint density at radius 3 is 2.29 bits per heavy atom. The number of hydrogen-bond donors (Lipinski definition) is 0. The van der Waals surface area contributed by atoms with E-state index in [0.29, 0.717) is 11.1 Å². The van der Waals surface area contributed by atoms with Gasteiger partial charge in [0.2, 0.25) is 0 Å². The van der Waals surface area contributed by atoms with Gasteiger partial charge in [0, 0.05) is 29.7 Å². The Labute approximate surface area is 224 Å². The summed E-state index contributed by atoms with van der Waals surface area (Å²) in [5, 5.41) is 10.7. The van der Waals surface area contributed by atoms with Crippen LogP contribution in [0.5, 0.6) is 0 Å². The molecule has 0 aliphatic carbocycles. The van der Waals surface area contributed by atoms with Crippen LogP contribution in [0.2, 0.25) is 0 Å². The molecule has 38 heavy (non-hydrogen) atoms. The molecule has 0 aliphatic rings. The third kappa shape index (κ3) is 6.18. The van der Waals surface area contributed by atoms with Crippen molar-refractivity contribution >= 4 is 42.2 Å². The summed E-state index contributed by atoms with van der Waals surface area (Å²) in [5.74, 6) is -0.203. The van der Waals surface area contributed by atoms with Crippen LogP contribution in [0.25, 0.3) is 33.7 Å². The molecule has 0 spiro atoms. The van der Waals surface area contributed by atoms with Crippen molar-refractivity contribution < 1.29 is 16.8 Å². The van der Waals surface area contributed by atoms with Gasteiger partial charge in [-0.2, -0.15) is 5.26 Å². The van der Waals surface area contributed by atoms with Crippen molar-refractivity contribution in [3.63, 3.8) is 0 Å². The van der Waals surface area contributed by atoms with E-state index in [0.717, 1.165) is 39.4 Å². The van der Waals surface area contributed by atoms with Gasteiger partial charge in [-0.1, -0.05) is 42.5 Å². The SMILES string of the molecule is CC(C)(C#N)c1cc(-c2cccc(/C=C(\CS(C)(=O)=O)c3ccc(S(C)(=O)=O)cc3)c2)c2ncccc2c1. The molecular formula is C30H28N2O4S2. The summed E-state index contributed by atoms with van der Waals surface area (Å²) >= 11 is 0. The highest BCUT2D eigenvalue weighted by molar-refractivity contribution is 7.91. The second kappa shape index (κ2) is 10.2. The molecule has 0 unspecified atom stereocenters. The standard InChI is InChI=1S/C30H28N2O4S2/c1-30(2,20-31)26-17-24-9-6-14-32-29(24)28(18-26)23-8-5-7-21(15-23)16-25(19-37(3,33)34)22-10-12-27(13-11-22)38(4,35)36/h5-18H,19H2,1-4H3/b25-16+. The van der Waals surface area contributed by atoms with Crippen molar-refractivity contribution in [1.29, 1.82) is 5.26 Å². The van der Waals surface area contributed by atoms with Crippen LogP contribution < -0.4 is 0 Å². The van der Waals surface area contributed by atoms with Crippen molar-refractivity contribution in [3.8, 4) is 17.2 Å². The number of rotatable bonds is 7. The normalized spacial score (nSPS) is 12.9. The lowest BCUT2D eigenvalue weighted by Crippen LogP contribution is -2.14. The lowest BCUT2D eigenvalue weighted by molar-refractivity contribution is 0.601. The van der Waals surface area contributed by atoms with Crippen molar-refractivity contribution in [2.75, 3.05) is 18.3 Å². The van der Waals surface area contributed by atoms with E-state index in [9.17, 15) is 22.1 Å². The van der Waals surface area contributed by atoms with Gasteiger partial charge < -0.3 is 0 Å². The zero-order chi connectivity index (χ0) is 27.7. The molecule has 0 saturated carbocycles. The Morgan fingerprint density at radius 2 is 1.66 bits per heavy atom. The van der Waals surface area contributed by atoms with E-state index in [1.807, 2.05) is 62.4 Å². The Hall–Kier alpha value is -3.80. The van der Waals surface area contributed by atoms with Gasteiger partial charge in [-0.05, 0) is 78.1 Å². The fraction of sp³-hybridized carbons (Fsp3) is 0.200. The third-order valence-electron chi connectivity index (χ3n) is 6.32. The molecule has 0 radical (unpaired) electrons. The number of sulfone groups is 2.